The molecule has 4 fully saturated rings. The Balaban J connectivity index is 0.985. The normalized spacial score (nSPS) is 21.3. The SMILES string of the molecule is CC(C)N1CCN(c2ccc(-c3cc(-c4ccc(N5CCC6(CC5)CN(C5COC5)C6)cc4)cc4c3ncn4C)cn2)CC1. The molecule has 8 nitrogen and oxygen atoms in total. The molecule has 0 atom stereocenters. The van der Waals surface area contributed by atoms with Gasteiger partial charge in [-0.05, 0) is 79.6 Å². The highest BCUT2D eigenvalue weighted by Crippen LogP contribution is 2.43. The van der Waals surface area contributed by atoms with Gasteiger partial charge >= 0.3 is 0 Å². The quantitative estimate of drug-likeness (QED) is 0.308. The summed E-state index contributed by atoms with van der Waals surface area (Å²) in [5.74, 6) is 1.06. The lowest BCUT2D eigenvalue weighted by Gasteiger charge is -2.58. The smallest absolute Gasteiger partial charge is 0.128 e. The van der Waals surface area contributed by atoms with E-state index in [0.29, 0.717) is 17.5 Å². The van der Waals surface area contributed by atoms with Crippen LogP contribution in [0.15, 0.2) is 61.1 Å². The van der Waals surface area contributed by atoms with Crippen LogP contribution in [0, 0.1) is 5.41 Å². The lowest BCUT2D eigenvalue weighted by molar-refractivity contribution is -0.136. The van der Waals surface area contributed by atoms with Gasteiger partial charge in [-0.15, -0.1) is 0 Å². The van der Waals surface area contributed by atoms with E-state index in [1.165, 1.54) is 42.7 Å². The van der Waals surface area contributed by atoms with E-state index in [0.717, 1.165) is 80.5 Å². The standard InChI is InChI=1S/C36H45N7O/c1-26(2)40-14-16-42(17-15-40)34-9-6-28(20-37-34)32-18-29(19-33-35(32)38-25-39(33)3)27-4-7-30(8-5-27)41-12-10-36(11-13-41)23-43(24-36)31-21-44-22-31/h4-9,18-20,25-26,31H,10-17,21-24H2,1-3H3. The zero-order valence-corrected chi connectivity index (χ0v) is 26.5. The van der Waals surface area contributed by atoms with E-state index in [1.54, 1.807) is 0 Å². The van der Waals surface area contributed by atoms with Crippen LogP contribution in [-0.4, -0.2) is 102 Å². The number of imidazole rings is 1. The summed E-state index contributed by atoms with van der Waals surface area (Å²) < 4.78 is 7.53. The van der Waals surface area contributed by atoms with Gasteiger partial charge in [0, 0.05) is 88.5 Å². The van der Waals surface area contributed by atoms with E-state index in [2.05, 4.69) is 93.6 Å². The van der Waals surface area contributed by atoms with Crippen LogP contribution in [0.25, 0.3) is 33.3 Å². The number of hydrogen-bond acceptors (Lipinski definition) is 7. The number of pyridine rings is 1. The molecule has 8 rings (SSSR count). The number of nitrogens with zero attached hydrogens (tertiary/aromatic N) is 7. The maximum absolute atomic E-state index is 5.41. The molecular weight excluding hydrogens is 546 g/mol. The van der Waals surface area contributed by atoms with Gasteiger partial charge in [-0.1, -0.05) is 12.1 Å². The number of hydrogen-bond donors (Lipinski definition) is 0. The molecule has 4 saturated heterocycles. The second-order valence-corrected chi connectivity index (χ2v) is 13.9. The summed E-state index contributed by atoms with van der Waals surface area (Å²) in [5.41, 5.74) is 8.72. The molecule has 0 aliphatic carbocycles. The van der Waals surface area contributed by atoms with E-state index in [4.69, 9.17) is 14.7 Å². The van der Waals surface area contributed by atoms with E-state index in [1.807, 2.05) is 12.5 Å². The van der Waals surface area contributed by atoms with Crippen LogP contribution in [0.3, 0.4) is 0 Å². The molecule has 4 aliphatic heterocycles. The van der Waals surface area contributed by atoms with Crippen molar-refractivity contribution in [1.82, 2.24) is 24.3 Å². The van der Waals surface area contributed by atoms with Gasteiger partial charge < -0.3 is 19.1 Å². The zero-order valence-electron chi connectivity index (χ0n) is 26.5. The van der Waals surface area contributed by atoms with Gasteiger partial charge in [0.15, 0.2) is 0 Å². The number of piperidine rings is 1. The average molecular weight is 592 g/mol. The molecule has 2 aromatic carbocycles. The molecule has 4 aromatic rings. The van der Waals surface area contributed by atoms with E-state index in [9.17, 15) is 0 Å². The molecule has 0 saturated carbocycles. The summed E-state index contributed by atoms with van der Waals surface area (Å²) in [6.45, 7) is 15.5. The van der Waals surface area contributed by atoms with Gasteiger partial charge in [0.25, 0.3) is 0 Å². The van der Waals surface area contributed by atoms with Crippen molar-refractivity contribution in [2.45, 2.75) is 38.8 Å². The Morgan fingerprint density at radius 2 is 1.52 bits per heavy atom. The largest absolute Gasteiger partial charge is 0.378 e. The number of aryl methyl sites for hydroxylation is 1. The predicted molar refractivity (Wildman–Crippen MR) is 178 cm³/mol. The maximum atomic E-state index is 5.41. The molecule has 6 heterocycles. The molecule has 230 valence electrons. The lowest BCUT2D eigenvalue weighted by Crippen LogP contribution is -2.66. The van der Waals surface area contributed by atoms with Crippen molar-refractivity contribution in [2.24, 2.45) is 12.5 Å². The van der Waals surface area contributed by atoms with Crippen LogP contribution in [0.4, 0.5) is 11.5 Å². The summed E-state index contributed by atoms with van der Waals surface area (Å²) in [6, 6.07) is 19.5. The molecule has 0 unspecified atom stereocenters. The van der Waals surface area contributed by atoms with E-state index < -0.39 is 0 Å². The van der Waals surface area contributed by atoms with Gasteiger partial charge in [0.2, 0.25) is 0 Å². The van der Waals surface area contributed by atoms with E-state index in [-0.39, 0.29) is 0 Å². The van der Waals surface area contributed by atoms with Crippen LogP contribution in [0.5, 0.6) is 0 Å². The van der Waals surface area contributed by atoms with Crippen molar-refractivity contribution in [1.29, 1.82) is 0 Å². The minimum atomic E-state index is 0.538. The van der Waals surface area contributed by atoms with Gasteiger partial charge in [-0.3, -0.25) is 9.80 Å². The zero-order chi connectivity index (χ0) is 29.8. The Hall–Kier alpha value is -3.46. The highest BCUT2D eigenvalue weighted by molar-refractivity contribution is 5.96. The Bertz CT molecular complexity index is 1600. The number of anilines is 2. The minimum absolute atomic E-state index is 0.538. The van der Waals surface area contributed by atoms with Crippen molar-refractivity contribution in [3.8, 4) is 22.3 Å². The molecule has 0 N–H and O–H groups in total. The topological polar surface area (TPSA) is 52.9 Å². The van der Waals surface area contributed by atoms with Gasteiger partial charge in [0.05, 0.1) is 36.6 Å². The summed E-state index contributed by atoms with van der Waals surface area (Å²) in [5, 5.41) is 0. The van der Waals surface area contributed by atoms with Crippen molar-refractivity contribution in [2.75, 3.05) is 75.4 Å². The molecule has 0 amide bonds. The van der Waals surface area contributed by atoms with Crippen molar-refractivity contribution >= 4 is 22.5 Å². The molecule has 8 heteroatoms. The van der Waals surface area contributed by atoms with Crippen LogP contribution in [-0.2, 0) is 11.8 Å². The second kappa shape index (κ2) is 11.2. The first kappa shape index (κ1) is 28.0. The second-order valence-electron chi connectivity index (χ2n) is 13.9. The van der Waals surface area contributed by atoms with Crippen LogP contribution >= 0.6 is 0 Å². The number of benzene rings is 2. The highest BCUT2D eigenvalue weighted by Gasteiger charge is 2.48. The van der Waals surface area contributed by atoms with Crippen LogP contribution in [0.1, 0.15) is 26.7 Å². The summed E-state index contributed by atoms with van der Waals surface area (Å²) in [7, 11) is 2.08. The Kier molecular flexibility index (Phi) is 7.11. The monoisotopic (exact) mass is 591 g/mol. The number of likely N-dealkylation sites (tertiary alicyclic amines) is 1. The van der Waals surface area contributed by atoms with Crippen molar-refractivity contribution in [3.63, 3.8) is 0 Å². The van der Waals surface area contributed by atoms with Crippen molar-refractivity contribution in [3.05, 3.63) is 61.1 Å². The minimum Gasteiger partial charge on any atom is -0.378 e. The van der Waals surface area contributed by atoms with Crippen molar-refractivity contribution < 1.29 is 4.74 Å². The van der Waals surface area contributed by atoms with E-state index >= 15 is 0 Å². The number of rotatable bonds is 6. The first-order valence-corrected chi connectivity index (χ1v) is 16.5. The maximum Gasteiger partial charge on any atom is 0.128 e. The molecule has 1 spiro atoms. The third-order valence-electron chi connectivity index (χ3n) is 10.9. The first-order valence-electron chi connectivity index (χ1n) is 16.5. The highest BCUT2D eigenvalue weighted by atomic mass is 16.5. The molecule has 0 bridgehead atoms. The average Bonchev–Trinajstić information content (AvgIpc) is 3.40. The summed E-state index contributed by atoms with van der Waals surface area (Å²) in [4.78, 5) is 19.9. The Morgan fingerprint density at radius 1 is 0.795 bits per heavy atom. The molecule has 2 aromatic heterocycles. The van der Waals surface area contributed by atoms with Gasteiger partial charge in [-0.25, -0.2) is 9.97 Å². The fourth-order valence-electron chi connectivity index (χ4n) is 7.74. The predicted octanol–water partition coefficient (Wildman–Crippen LogP) is 5.13. The number of piperazine rings is 1. The lowest BCUT2D eigenvalue weighted by atomic mass is 9.71. The third-order valence-corrected chi connectivity index (χ3v) is 10.9. The number of fused-ring (bicyclic) bond motifs is 1. The molecule has 0 radical (unpaired) electrons. The molecule has 44 heavy (non-hydrogen) atoms. The summed E-state index contributed by atoms with van der Waals surface area (Å²) >= 11 is 0. The van der Waals surface area contributed by atoms with Crippen LogP contribution in [0.2, 0.25) is 0 Å². The number of ether oxygens (including phenoxy) is 1. The molecule has 4 aliphatic rings. The fourth-order valence-corrected chi connectivity index (χ4v) is 7.74. The van der Waals surface area contributed by atoms with Crippen LogP contribution < -0.4 is 9.80 Å². The number of aromatic nitrogens is 3. The van der Waals surface area contributed by atoms with Gasteiger partial charge in [-0.2, -0.15) is 0 Å². The Morgan fingerprint density at radius 3 is 2.16 bits per heavy atom. The summed E-state index contributed by atoms with van der Waals surface area (Å²) in [6.07, 6.45) is 6.53. The fraction of sp³-hybridized carbons (Fsp3) is 0.500. The van der Waals surface area contributed by atoms with Gasteiger partial charge in [0.1, 0.15) is 5.82 Å². The Labute approximate surface area is 261 Å². The third kappa shape index (κ3) is 5.07. The first-order chi connectivity index (χ1) is 21.4. The molecular formula is C36H45N7O.